The van der Waals surface area contributed by atoms with Gasteiger partial charge < -0.3 is 19.5 Å². The molecule has 0 amide bonds. The summed E-state index contributed by atoms with van der Waals surface area (Å²) in [5.74, 6) is 2.50. The highest BCUT2D eigenvalue weighted by molar-refractivity contribution is 7.71. The molecule has 3 heterocycles. The topological polar surface area (TPSA) is 63.1 Å². The number of hydrogen-bond donors (Lipinski definition) is 2. The Morgan fingerprint density at radius 2 is 2.47 bits per heavy atom. The Labute approximate surface area is 116 Å². The fraction of sp³-hybridized carbons (Fsp3) is 0.385. The van der Waals surface area contributed by atoms with Crippen LogP contribution >= 0.6 is 12.2 Å². The van der Waals surface area contributed by atoms with Gasteiger partial charge in [0.1, 0.15) is 28.1 Å². The molecule has 0 bridgehead atoms. The van der Waals surface area contributed by atoms with Crippen LogP contribution in [0.1, 0.15) is 30.5 Å². The summed E-state index contributed by atoms with van der Waals surface area (Å²) in [6.45, 7) is 1.39. The minimum absolute atomic E-state index is 0.0343. The maximum atomic E-state index is 5.61. The Morgan fingerprint density at radius 3 is 3.21 bits per heavy atom. The van der Waals surface area contributed by atoms with E-state index in [2.05, 4.69) is 15.3 Å². The molecule has 2 aromatic rings. The van der Waals surface area contributed by atoms with Gasteiger partial charge in [0.05, 0.1) is 12.8 Å². The van der Waals surface area contributed by atoms with Crippen molar-refractivity contribution in [2.75, 3.05) is 11.9 Å². The maximum absolute atomic E-state index is 5.61. The molecule has 1 fully saturated rings. The molecule has 2 N–H and O–H groups in total. The number of hydrogen-bond acceptors (Lipinski definition) is 5. The molecule has 6 heteroatoms. The quantitative estimate of drug-likeness (QED) is 0.840. The average molecular weight is 277 g/mol. The van der Waals surface area contributed by atoms with Crippen LogP contribution in [0.5, 0.6) is 0 Å². The minimum atomic E-state index is 0.0343. The lowest BCUT2D eigenvalue weighted by molar-refractivity contribution is 0.105. The Kier molecular flexibility index (Phi) is 3.61. The first-order valence-electron chi connectivity index (χ1n) is 6.30. The van der Waals surface area contributed by atoms with Crippen molar-refractivity contribution >= 4 is 18.0 Å². The summed E-state index contributed by atoms with van der Waals surface area (Å²) >= 11 is 5.19. The van der Waals surface area contributed by atoms with Crippen molar-refractivity contribution in [2.24, 2.45) is 0 Å². The van der Waals surface area contributed by atoms with Gasteiger partial charge in [-0.05, 0) is 25.0 Å². The molecule has 0 aromatic carbocycles. The molecule has 0 aliphatic carbocycles. The molecular weight excluding hydrogens is 262 g/mol. The normalized spacial score (nSPS) is 18.6. The third-order valence-electron chi connectivity index (χ3n) is 3.03. The number of anilines is 1. The number of furan rings is 1. The molecule has 3 rings (SSSR count). The van der Waals surface area contributed by atoms with E-state index in [1.807, 2.05) is 12.1 Å². The van der Waals surface area contributed by atoms with E-state index >= 15 is 0 Å². The van der Waals surface area contributed by atoms with Crippen molar-refractivity contribution in [3.05, 3.63) is 40.7 Å². The van der Waals surface area contributed by atoms with E-state index in [0.717, 1.165) is 36.9 Å². The van der Waals surface area contributed by atoms with E-state index in [1.165, 1.54) is 0 Å². The zero-order valence-electron chi connectivity index (χ0n) is 10.4. The van der Waals surface area contributed by atoms with Crippen LogP contribution in [0.15, 0.2) is 28.9 Å². The van der Waals surface area contributed by atoms with Gasteiger partial charge in [-0.15, -0.1) is 0 Å². The van der Waals surface area contributed by atoms with Crippen LogP contribution in [0.3, 0.4) is 0 Å². The second-order valence-corrected chi connectivity index (χ2v) is 4.87. The van der Waals surface area contributed by atoms with Crippen LogP contribution < -0.4 is 5.32 Å². The monoisotopic (exact) mass is 277 g/mol. The van der Waals surface area contributed by atoms with Gasteiger partial charge in [-0.2, -0.15) is 0 Å². The zero-order valence-corrected chi connectivity index (χ0v) is 11.2. The van der Waals surface area contributed by atoms with E-state index in [1.54, 1.807) is 12.3 Å². The fourth-order valence-corrected chi connectivity index (χ4v) is 2.33. The second-order valence-electron chi connectivity index (χ2n) is 4.45. The van der Waals surface area contributed by atoms with E-state index < -0.39 is 0 Å². The van der Waals surface area contributed by atoms with Gasteiger partial charge in [0.15, 0.2) is 0 Å². The second kappa shape index (κ2) is 5.54. The van der Waals surface area contributed by atoms with Crippen molar-refractivity contribution in [1.29, 1.82) is 0 Å². The van der Waals surface area contributed by atoms with Crippen LogP contribution in [0.2, 0.25) is 0 Å². The van der Waals surface area contributed by atoms with Gasteiger partial charge in [-0.1, -0.05) is 12.2 Å². The summed E-state index contributed by atoms with van der Waals surface area (Å²) in [5.41, 5.74) is 0. The predicted octanol–water partition coefficient (Wildman–Crippen LogP) is 3.20. The summed E-state index contributed by atoms with van der Waals surface area (Å²) in [5, 5.41) is 3.24. The zero-order chi connectivity index (χ0) is 13.1. The van der Waals surface area contributed by atoms with E-state index in [-0.39, 0.29) is 6.10 Å². The van der Waals surface area contributed by atoms with Crippen LogP contribution in [0, 0.1) is 4.64 Å². The molecular formula is C13H15N3O2S. The van der Waals surface area contributed by atoms with Crippen molar-refractivity contribution in [1.82, 2.24) is 9.97 Å². The largest absolute Gasteiger partial charge is 0.467 e. The van der Waals surface area contributed by atoms with Crippen molar-refractivity contribution in [3.8, 4) is 0 Å². The third-order valence-corrected chi connectivity index (χ3v) is 3.24. The van der Waals surface area contributed by atoms with E-state index in [4.69, 9.17) is 21.4 Å². The Bertz CT molecular complexity index is 588. The Morgan fingerprint density at radius 1 is 1.53 bits per heavy atom. The molecule has 5 nitrogen and oxygen atoms in total. The lowest BCUT2D eigenvalue weighted by atomic mass is 10.2. The lowest BCUT2D eigenvalue weighted by Crippen LogP contribution is -2.07. The number of nitrogens with one attached hydrogen (secondary N) is 2. The molecule has 19 heavy (non-hydrogen) atoms. The highest BCUT2D eigenvalue weighted by atomic mass is 32.1. The fourth-order valence-electron chi connectivity index (χ4n) is 2.11. The predicted molar refractivity (Wildman–Crippen MR) is 73.4 cm³/mol. The van der Waals surface area contributed by atoms with Crippen molar-refractivity contribution < 1.29 is 9.15 Å². The summed E-state index contributed by atoms with van der Waals surface area (Å²) in [6, 6.07) is 5.59. The number of rotatable bonds is 4. The molecule has 100 valence electrons. The minimum Gasteiger partial charge on any atom is -0.467 e. The van der Waals surface area contributed by atoms with Gasteiger partial charge in [0, 0.05) is 12.7 Å². The third kappa shape index (κ3) is 3.02. The maximum Gasteiger partial charge on any atom is 0.138 e. The number of nitrogens with zero attached hydrogens (tertiary/aromatic N) is 1. The van der Waals surface area contributed by atoms with Gasteiger partial charge in [0.2, 0.25) is 0 Å². The molecule has 0 spiro atoms. The molecule has 0 saturated carbocycles. The summed E-state index contributed by atoms with van der Waals surface area (Å²) in [7, 11) is 0. The van der Waals surface area contributed by atoms with Gasteiger partial charge in [-0.25, -0.2) is 4.98 Å². The van der Waals surface area contributed by atoms with Gasteiger partial charge >= 0.3 is 0 Å². The molecule has 1 atom stereocenters. The van der Waals surface area contributed by atoms with Crippen LogP contribution in [-0.4, -0.2) is 16.6 Å². The summed E-state index contributed by atoms with van der Waals surface area (Å²) in [6.07, 6.45) is 3.74. The molecule has 0 radical (unpaired) electrons. The van der Waals surface area contributed by atoms with Crippen LogP contribution in [0.4, 0.5) is 5.82 Å². The van der Waals surface area contributed by atoms with E-state index in [9.17, 15) is 0 Å². The Hall–Kier alpha value is -1.66. The Balaban J connectivity index is 1.75. The number of ether oxygens (including phenoxy) is 1. The van der Waals surface area contributed by atoms with Crippen LogP contribution in [-0.2, 0) is 11.3 Å². The number of aromatic nitrogens is 2. The smallest absolute Gasteiger partial charge is 0.138 e. The molecule has 1 aliphatic rings. The molecule has 2 aromatic heterocycles. The highest BCUT2D eigenvalue weighted by Gasteiger charge is 2.20. The average Bonchev–Trinajstić information content (AvgIpc) is 3.09. The first-order chi connectivity index (χ1) is 9.31. The number of H-pyrrole nitrogens is 1. The molecule has 1 aliphatic heterocycles. The van der Waals surface area contributed by atoms with Crippen molar-refractivity contribution in [3.63, 3.8) is 0 Å². The SMILES string of the molecule is S=c1cc(NCc2ccco2)[nH]c(C2CCCO2)n1. The van der Waals surface area contributed by atoms with Gasteiger partial charge in [0.25, 0.3) is 0 Å². The molecule has 1 saturated heterocycles. The molecule has 1 unspecified atom stereocenters. The first-order valence-corrected chi connectivity index (χ1v) is 6.71. The van der Waals surface area contributed by atoms with Gasteiger partial charge in [-0.3, -0.25) is 0 Å². The summed E-state index contributed by atoms with van der Waals surface area (Å²) in [4.78, 5) is 7.57. The lowest BCUT2D eigenvalue weighted by Gasteiger charge is -2.11. The van der Waals surface area contributed by atoms with E-state index in [0.29, 0.717) is 11.2 Å². The van der Waals surface area contributed by atoms with Crippen molar-refractivity contribution in [2.45, 2.75) is 25.5 Å². The number of aromatic amines is 1. The van der Waals surface area contributed by atoms with Crippen LogP contribution in [0.25, 0.3) is 0 Å². The summed E-state index contributed by atoms with van der Waals surface area (Å²) < 4.78 is 11.4. The highest BCUT2D eigenvalue weighted by Crippen LogP contribution is 2.26. The first kappa shape index (κ1) is 12.4. The standard InChI is InChI=1S/C13H15N3O2S/c19-12-7-11(14-8-9-3-1-5-17-9)15-13(16-12)10-4-2-6-18-10/h1,3,5,7,10H,2,4,6,8H2,(H2,14,15,16,19).